The number of aromatic nitrogens is 3. The van der Waals surface area contributed by atoms with Crippen LogP contribution >= 0.6 is 0 Å². The molecule has 1 aromatic heterocycles. The van der Waals surface area contributed by atoms with Crippen LogP contribution in [-0.4, -0.2) is 27.1 Å². The zero-order valence-electron chi connectivity index (χ0n) is 11.4. The lowest BCUT2D eigenvalue weighted by Crippen LogP contribution is -2.34. The minimum atomic E-state index is -0.245. The fourth-order valence-electron chi connectivity index (χ4n) is 1.95. The van der Waals surface area contributed by atoms with Crippen LogP contribution in [-0.2, 0) is 6.42 Å². The van der Waals surface area contributed by atoms with Crippen LogP contribution in [0.25, 0.3) is 0 Å². The summed E-state index contributed by atoms with van der Waals surface area (Å²) in [5.74, 6) is 0.580. The molecule has 2 rings (SSSR count). The number of H-pyrrole nitrogens is 1. The standard InChI is InChI=1S/C14H18N4O/c1-9-6-4-5-7-12(9)8-10(2)15-14(19)13-16-11(3)17-18-13/h4-7,10H,8H2,1-3H3,(H,15,19)(H,16,17,18). The third-order valence-electron chi connectivity index (χ3n) is 2.97. The molecule has 1 unspecified atom stereocenters. The monoisotopic (exact) mass is 258 g/mol. The molecule has 0 saturated heterocycles. The Morgan fingerprint density at radius 3 is 2.74 bits per heavy atom. The topological polar surface area (TPSA) is 70.7 Å². The number of carbonyl (C=O) groups excluding carboxylic acids is 1. The van der Waals surface area contributed by atoms with E-state index in [0.717, 1.165) is 6.42 Å². The maximum Gasteiger partial charge on any atom is 0.291 e. The van der Waals surface area contributed by atoms with Gasteiger partial charge in [-0.2, -0.15) is 0 Å². The van der Waals surface area contributed by atoms with Gasteiger partial charge in [-0.15, -0.1) is 5.10 Å². The van der Waals surface area contributed by atoms with Crippen molar-refractivity contribution < 1.29 is 4.79 Å². The smallest absolute Gasteiger partial charge is 0.291 e. The average molecular weight is 258 g/mol. The van der Waals surface area contributed by atoms with Gasteiger partial charge in [-0.1, -0.05) is 24.3 Å². The molecule has 5 heteroatoms. The van der Waals surface area contributed by atoms with Crippen LogP contribution in [0.5, 0.6) is 0 Å². The number of nitrogens with one attached hydrogen (secondary N) is 2. The van der Waals surface area contributed by atoms with Crippen molar-refractivity contribution in [2.75, 3.05) is 0 Å². The quantitative estimate of drug-likeness (QED) is 0.878. The van der Waals surface area contributed by atoms with Gasteiger partial charge in [-0.3, -0.25) is 9.89 Å². The maximum absolute atomic E-state index is 11.9. The molecular weight excluding hydrogens is 240 g/mol. The molecule has 0 saturated carbocycles. The molecule has 19 heavy (non-hydrogen) atoms. The molecule has 2 N–H and O–H groups in total. The van der Waals surface area contributed by atoms with Gasteiger partial charge in [0, 0.05) is 6.04 Å². The molecule has 0 fully saturated rings. The molecule has 1 aromatic carbocycles. The lowest BCUT2D eigenvalue weighted by molar-refractivity contribution is 0.0930. The number of hydrogen-bond donors (Lipinski definition) is 2. The first-order valence-electron chi connectivity index (χ1n) is 6.30. The minimum absolute atomic E-state index is 0.0346. The molecule has 0 radical (unpaired) electrons. The summed E-state index contributed by atoms with van der Waals surface area (Å²) in [6, 6.07) is 8.21. The molecule has 5 nitrogen and oxygen atoms in total. The number of rotatable bonds is 4. The number of carbonyl (C=O) groups is 1. The van der Waals surface area contributed by atoms with Crippen molar-refractivity contribution in [1.82, 2.24) is 20.5 Å². The number of hydrogen-bond acceptors (Lipinski definition) is 3. The van der Waals surface area contributed by atoms with E-state index in [1.165, 1.54) is 11.1 Å². The molecule has 1 amide bonds. The van der Waals surface area contributed by atoms with Crippen molar-refractivity contribution >= 4 is 5.91 Å². The Morgan fingerprint density at radius 2 is 2.11 bits per heavy atom. The van der Waals surface area contributed by atoms with Gasteiger partial charge in [-0.25, -0.2) is 4.98 Å². The summed E-state index contributed by atoms with van der Waals surface area (Å²) >= 11 is 0. The van der Waals surface area contributed by atoms with Crippen molar-refractivity contribution in [1.29, 1.82) is 0 Å². The van der Waals surface area contributed by atoms with Gasteiger partial charge in [-0.05, 0) is 38.3 Å². The number of benzene rings is 1. The molecule has 1 heterocycles. The predicted octanol–water partition coefficient (Wildman–Crippen LogP) is 1.78. The summed E-state index contributed by atoms with van der Waals surface area (Å²) in [4.78, 5) is 15.9. The minimum Gasteiger partial charge on any atom is -0.346 e. The molecule has 1 atom stereocenters. The first-order valence-corrected chi connectivity index (χ1v) is 6.30. The van der Waals surface area contributed by atoms with Gasteiger partial charge >= 0.3 is 0 Å². The Hall–Kier alpha value is -2.17. The van der Waals surface area contributed by atoms with Crippen LogP contribution in [0.4, 0.5) is 0 Å². The highest BCUT2D eigenvalue weighted by Gasteiger charge is 2.14. The lowest BCUT2D eigenvalue weighted by Gasteiger charge is -2.14. The normalized spacial score (nSPS) is 12.2. The Balaban J connectivity index is 1.96. The summed E-state index contributed by atoms with van der Waals surface area (Å²) in [5, 5.41) is 9.41. The maximum atomic E-state index is 11.9. The first kappa shape index (κ1) is 13.3. The van der Waals surface area contributed by atoms with E-state index in [0.29, 0.717) is 5.82 Å². The van der Waals surface area contributed by atoms with E-state index >= 15 is 0 Å². The van der Waals surface area contributed by atoms with E-state index in [-0.39, 0.29) is 17.8 Å². The molecule has 0 aliphatic rings. The van der Waals surface area contributed by atoms with E-state index in [1.807, 2.05) is 19.1 Å². The summed E-state index contributed by atoms with van der Waals surface area (Å²) in [6.45, 7) is 5.81. The Morgan fingerprint density at radius 1 is 1.37 bits per heavy atom. The van der Waals surface area contributed by atoms with Crippen LogP contribution in [0.15, 0.2) is 24.3 Å². The van der Waals surface area contributed by atoms with Crippen LogP contribution < -0.4 is 5.32 Å². The number of amides is 1. The SMILES string of the molecule is Cc1nc(C(=O)NC(C)Cc2ccccc2C)n[nH]1. The lowest BCUT2D eigenvalue weighted by atomic mass is 10.0. The highest BCUT2D eigenvalue weighted by molar-refractivity contribution is 5.90. The van der Waals surface area contributed by atoms with Crippen LogP contribution in [0.2, 0.25) is 0 Å². The second-order valence-corrected chi connectivity index (χ2v) is 4.75. The first-order chi connectivity index (χ1) is 9.06. The van der Waals surface area contributed by atoms with E-state index in [4.69, 9.17) is 0 Å². The Bertz CT molecular complexity index is 576. The molecule has 0 spiro atoms. The third-order valence-corrected chi connectivity index (χ3v) is 2.97. The second kappa shape index (κ2) is 5.65. The van der Waals surface area contributed by atoms with Crippen LogP contribution in [0.1, 0.15) is 34.5 Å². The van der Waals surface area contributed by atoms with Crippen molar-refractivity contribution in [3.63, 3.8) is 0 Å². The Labute approximate surface area is 112 Å². The molecule has 0 aliphatic carbocycles. The largest absolute Gasteiger partial charge is 0.346 e. The van der Waals surface area contributed by atoms with Crippen molar-refractivity contribution in [3.05, 3.63) is 47.0 Å². The fraction of sp³-hybridized carbons (Fsp3) is 0.357. The van der Waals surface area contributed by atoms with Gasteiger partial charge in [0.25, 0.3) is 5.91 Å². The number of nitrogens with zero attached hydrogens (tertiary/aromatic N) is 2. The van der Waals surface area contributed by atoms with Gasteiger partial charge in [0.1, 0.15) is 5.82 Å². The highest BCUT2D eigenvalue weighted by atomic mass is 16.2. The molecule has 0 aliphatic heterocycles. The Kier molecular flexibility index (Phi) is 3.94. The third kappa shape index (κ3) is 3.40. The number of aryl methyl sites for hydroxylation is 2. The predicted molar refractivity (Wildman–Crippen MR) is 72.9 cm³/mol. The molecule has 2 aromatic rings. The van der Waals surface area contributed by atoms with Gasteiger partial charge in [0.2, 0.25) is 5.82 Å². The molecule has 100 valence electrons. The average Bonchev–Trinajstić information content (AvgIpc) is 2.79. The fourth-order valence-corrected chi connectivity index (χ4v) is 1.95. The van der Waals surface area contributed by atoms with Crippen molar-refractivity contribution in [3.8, 4) is 0 Å². The van der Waals surface area contributed by atoms with Crippen LogP contribution in [0.3, 0.4) is 0 Å². The second-order valence-electron chi connectivity index (χ2n) is 4.75. The van der Waals surface area contributed by atoms with E-state index in [2.05, 4.69) is 39.6 Å². The molecular formula is C14H18N4O. The summed E-state index contributed by atoms with van der Waals surface area (Å²) in [6.07, 6.45) is 0.793. The summed E-state index contributed by atoms with van der Waals surface area (Å²) < 4.78 is 0. The van der Waals surface area contributed by atoms with E-state index < -0.39 is 0 Å². The van der Waals surface area contributed by atoms with E-state index in [9.17, 15) is 4.79 Å². The van der Waals surface area contributed by atoms with E-state index in [1.54, 1.807) is 6.92 Å². The van der Waals surface area contributed by atoms with Gasteiger partial charge < -0.3 is 5.32 Å². The van der Waals surface area contributed by atoms with Crippen molar-refractivity contribution in [2.24, 2.45) is 0 Å². The molecule has 0 bridgehead atoms. The number of aromatic amines is 1. The van der Waals surface area contributed by atoms with Crippen molar-refractivity contribution in [2.45, 2.75) is 33.2 Å². The zero-order chi connectivity index (χ0) is 13.8. The van der Waals surface area contributed by atoms with Gasteiger partial charge in [0.15, 0.2) is 0 Å². The summed E-state index contributed by atoms with van der Waals surface area (Å²) in [7, 11) is 0. The van der Waals surface area contributed by atoms with Crippen LogP contribution in [0, 0.1) is 13.8 Å². The summed E-state index contributed by atoms with van der Waals surface area (Å²) in [5.41, 5.74) is 2.47. The zero-order valence-corrected chi connectivity index (χ0v) is 11.4. The van der Waals surface area contributed by atoms with Gasteiger partial charge in [0.05, 0.1) is 0 Å². The highest BCUT2D eigenvalue weighted by Crippen LogP contribution is 2.09.